The van der Waals surface area contributed by atoms with E-state index in [0.29, 0.717) is 6.04 Å². The van der Waals surface area contributed by atoms with Gasteiger partial charge in [-0.3, -0.25) is 4.90 Å². The highest BCUT2D eigenvalue weighted by molar-refractivity contribution is 4.88. The lowest BCUT2D eigenvalue weighted by Crippen LogP contribution is -2.54. The number of aliphatic hydroxyl groups excluding tert-OH is 1. The van der Waals surface area contributed by atoms with Gasteiger partial charge in [-0.25, -0.2) is 0 Å². The molecule has 2 aliphatic rings. The number of hydrogen-bond acceptors (Lipinski definition) is 4. The van der Waals surface area contributed by atoms with Gasteiger partial charge in [0.2, 0.25) is 0 Å². The number of hydrogen-bond donors (Lipinski definition) is 2. The SMILES string of the molecule is CC1CCCCN1CC1CCNCC1N(C)CCO. The number of aliphatic hydroxyl groups is 1. The number of piperidine rings is 2. The quantitative estimate of drug-likeness (QED) is 0.773. The number of likely N-dealkylation sites (N-methyl/N-ethyl adjacent to an activating group) is 1. The normalized spacial score (nSPS) is 33.8. The van der Waals surface area contributed by atoms with Gasteiger partial charge in [0.05, 0.1) is 6.61 Å². The van der Waals surface area contributed by atoms with Crippen molar-refractivity contribution >= 4 is 0 Å². The topological polar surface area (TPSA) is 38.7 Å². The molecule has 0 aromatic carbocycles. The molecule has 0 amide bonds. The molecule has 2 rings (SSSR count). The Bertz CT molecular complexity index is 262. The molecule has 0 aliphatic carbocycles. The predicted octanol–water partition coefficient (Wildman–Crippen LogP) is 0.763. The maximum Gasteiger partial charge on any atom is 0.0558 e. The van der Waals surface area contributed by atoms with Gasteiger partial charge >= 0.3 is 0 Å². The second-order valence-corrected chi connectivity index (χ2v) is 6.36. The predicted molar refractivity (Wildman–Crippen MR) is 79.4 cm³/mol. The van der Waals surface area contributed by atoms with Crippen molar-refractivity contribution in [1.29, 1.82) is 0 Å². The molecule has 0 saturated carbocycles. The van der Waals surface area contributed by atoms with Crippen molar-refractivity contribution in [2.24, 2.45) is 5.92 Å². The van der Waals surface area contributed by atoms with E-state index < -0.39 is 0 Å². The van der Waals surface area contributed by atoms with Gasteiger partial charge in [0.25, 0.3) is 0 Å². The lowest BCUT2D eigenvalue weighted by Gasteiger charge is -2.43. The van der Waals surface area contributed by atoms with E-state index in [1.807, 2.05) is 0 Å². The van der Waals surface area contributed by atoms with Crippen molar-refractivity contribution < 1.29 is 5.11 Å². The molecule has 4 heteroatoms. The summed E-state index contributed by atoms with van der Waals surface area (Å²) in [4.78, 5) is 5.03. The maximum atomic E-state index is 9.14. The second-order valence-electron chi connectivity index (χ2n) is 6.36. The van der Waals surface area contributed by atoms with E-state index in [0.717, 1.165) is 31.6 Å². The summed E-state index contributed by atoms with van der Waals surface area (Å²) in [6.07, 6.45) is 5.40. The van der Waals surface area contributed by atoms with Crippen LogP contribution in [0.25, 0.3) is 0 Å². The first-order valence-corrected chi connectivity index (χ1v) is 7.98. The summed E-state index contributed by atoms with van der Waals surface area (Å²) in [5, 5.41) is 12.7. The fourth-order valence-corrected chi connectivity index (χ4v) is 3.68. The van der Waals surface area contributed by atoms with Crippen LogP contribution < -0.4 is 5.32 Å². The Balaban J connectivity index is 1.91. The van der Waals surface area contributed by atoms with E-state index in [1.54, 1.807) is 0 Å². The Labute approximate surface area is 118 Å². The Kier molecular flexibility index (Phi) is 6.07. The van der Waals surface area contributed by atoms with E-state index >= 15 is 0 Å². The molecule has 3 unspecified atom stereocenters. The number of nitrogens with one attached hydrogen (secondary N) is 1. The Morgan fingerprint density at radius 2 is 2.16 bits per heavy atom. The molecule has 0 bridgehead atoms. The summed E-state index contributed by atoms with van der Waals surface area (Å²) in [5.74, 6) is 0.748. The van der Waals surface area contributed by atoms with Gasteiger partial charge in [-0.15, -0.1) is 0 Å². The van der Waals surface area contributed by atoms with Crippen molar-refractivity contribution in [2.45, 2.75) is 44.7 Å². The summed E-state index contributed by atoms with van der Waals surface area (Å²) < 4.78 is 0. The lowest BCUT2D eigenvalue weighted by molar-refractivity contribution is 0.0665. The third-order valence-corrected chi connectivity index (χ3v) is 5.02. The summed E-state index contributed by atoms with van der Waals surface area (Å²) >= 11 is 0. The van der Waals surface area contributed by atoms with Gasteiger partial charge in [0.1, 0.15) is 0 Å². The number of likely N-dealkylation sites (tertiary alicyclic amines) is 1. The summed E-state index contributed by atoms with van der Waals surface area (Å²) in [6.45, 7) is 8.18. The van der Waals surface area contributed by atoms with Crippen LogP contribution in [-0.4, -0.2) is 73.4 Å². The molecule has 3 atom stereocenters. The zero-order valence-corrected chi connectivity index (χ0v) is 12.6. The molecular formula is C15H31N3O. The molecule has 4 nitrogen and oxygen atoms in total. The van der Waals surface area contributed by atoms with Crippen molar-refractivity contribution in [3.63, 3.8) is 0 Å². The number of nitrogens with zero attached hydrogens (tertiary/aromatic N) is 2. The highest BCUT2D eigenvalue weighted by Gasteiger charge is 2.31. The smallest absolute Gasteiger partial charge is 0.0558 e. The molecule has 112 valence electrons. The Morgan fingerprint density at radius 3 is 2.89 bits per heavy atom. The second kappa shape index (κ2) is 7.58. The fourth-order valence-electron chi connectivity index (χ4n) is 3.68. The van der Waals surface area contributed by atoms with E-state index in [-0.39, 0.29) is 6.61 Å². The average molecular weight is 269 g/mol. The van der Waals surface area contributed by atoms with Crippen LogP contribution in [-0.2, 0) is 0 Å². The van der Waals surface area contributed by atoms with Crippen LogP contribution in [0, 0.1) is 5.92 Å². The van der Waals surface area contributed by atoms with Crippen molar-refractivity contribution in [3.8, 4) is 0 Å². The molecule has 0 radical (unpaired) electrons. The molecule has 0 aromatic heterocycles. The lowest BCUT2D eigenvalue weighted by atomic mass is 9.89. The fraction of sp³-hybridized carbons (Fsp3) is 1.00. The highest BCUT2D eigenvalue weighted by Crippen LogP contribution is 2.23. The molecule has 2 heterocycles. The largest absolute Gasteiger partial charge is 0.395 e. The zero-order chi connectivity index (χ0) is 13.7. The van der Waals surface area contributed by atoms with E-state index in [2.05, 4.69) is 29.1 Å². The van der Waals surface area contributed by atoms with E-state index in [4.69, 9.17) is 5.11 Å². The van der Waals surface area contributed by atoms with Crippen LogP contribution in [0.3, 0.4) is 0 Å². The molecular weight excluding hydrogens is 238 g/mol. The van der Waals surface area contributed by atoms with Gasteiger partial charge < -0.3 is 15.3 Å². The standard InChI is InChI=1S/C15H31N3O/c1-13-5-3-4-8-18(13)12-14-6-7-16-11-15(14)17(2)9-10-19/h13-16,19H,3-12H2,1-2H3. The molecule has 2 saturated heterocycles. The number of rotatable bonds is 5. The highest BCUT2D eigenvalue weighted by atomic mass is 16.3. The minimum absolute atomic E-state index is 0.264. The minimum Gasteiger partial charge on any atom is -0.395 e. The van der Waals surface area contributed by atoms with Crippen molar-refractivity contribution in [1.82, 2.24) is 15.1 Å². The third-order valence-electron chi connectivity index (χ3n) is 5.02. The monoisotopic (exact) mass is 269 g/mol. The third kappa shape index (κ3) is 4.15. The van der Waals surface area contributed by atoms with Crippen molar-refractivity contribution in [3.05, 3.63) is 0 Å². The van der Waals surface area contributed by atoms with Gasteiger partial charge in [-0.1, -0.05) is 6.42 Å². The summed E-state index contributed by atoms with van der Waals surface area (Å²) in [5.41, 5.74) is 0. The van der Waals surface area contributed by atoms with Crippen LogP contribution in [0.4, 0.5) is 0 Å². The first kappa shape index (κ1) is 15.2. The van der Waals surface area contributed by atoms with Crippen LogP contribution >= 0.6 is 0 Å². The Morgan fingerprint density at radius 1 is 1.32 bits per heavy atom. The molecule has 0 spiro atoms. The van der Waals surface area contributed by atoms with Gasteiger partial charge in [-0.05, 0) is 52.2 Å². The van der Waals surface area contributed by atoms with E-state index in [9.17, 15) is 0 Å². The first-order chi connectivity index (χ1) is 9.22. The summed E-state index contributed by atoms with van der Waals surface area (Å²) in [6, 6.07) is 1.34. The minimum atomic E-state index is 0.264. The Hall–Kier alpha value is -0.160. The van der Waals surface area contributed by atoms with Crippen LogP contribution in [0.2, 0.25) is 0 Å². The summed E-state index contributed by atoms with van der Waals surface area (Å²) in [7, 11) is 2.15. The molecule has 2 aliphatic heterocycles. The van der Waals surface area contributed by atoms with E-state index in [1.165, 1.54) is 38.8 Å². The maximum absolute atomic E-state index is 9.14. The average Bonchev–Trinajstić information content (AvgIpc) is 2.42. The zero-order valence-electron chi connectivity index (χ0n) is 12.6. The molecule has 2 fully saturated rings. The van der Waals surface area contributed by atoms with Gasteiger partial charge in [-0.2, -0.15) is 0 Å². The van der Waals surface area contributed by atoms with Gasteiger partial charge in [0.15, 0.2) is 0 Å². The van der Waals surface area contributed by atoms with Gasteiger partial charge in [0, 0.05) is 31.7 Å². The molecule has 0 aromatic rings. The molecule has 19 heavy (non-hydrogen) atoms. The van der Waals surface area contributed by atoms with Crippen LogP contribution in [0.15, 0.2) is 0 Å². The van der Waals surface area contributed by atoms with Crippen LogP contribution in [0.5, 0.6) is 0 Å². The first-order valence-electron chi connectivity index (χ1n) is 7.98. The van der Waals surface area contributed by atoms with Crippen molar-refractivity contribution in [2.75, 3.05) is 46.4 Å². The van der Waals surface area contributed by atoms with Crippen LogP contribution in [0.1, 0.15) is 32.6 Å². The molecule has 2 N–H and O–H groups in total.